The highest BCUT2D eigenvalue weighted by atomic mass is 16.1. The Balaban J connectivity index is 3.98. The largest absolute Gasteiger partial charge is 0.303 e. The predicted octanol–water partition coefficient (Wildman–Crippen LogP) is 3.66. The van der Waals surface area contributed by atoms with Crippen molar-refractivity contribution in [2.75, 3.05) is 0 Å². The van der Waals surface area contributed by atoms with Crippen molar-refractivity contribution in [3.63, 3.8) is 0 Å². The molecular formula is C12H20O. The molecule has 0 aliphatic rings. The molecule has 0 spiro atoms. The lowest BCUT2D eigenvalue weighted by atomic mass is 10.0. The zero-order chi connectivity index (χ0) is 10.3. The van der Waals surface area contributed by atoms with Crippen molar-refractivity contribution in [3.05, 3.63) is 22.8 Å². The maximum atomic E-state index is 10.3. The van der Waals surface area contributed by atoms with Crippen LogP contribution < -0.4 is 0 Å². The van der Waals surface area contributed by atoms with Crippen LogP contribution in [0.2, 0.25) is 0 Å². The van der Waals surface area contributed by atoms with Gasteiger partial charge in [-0.3, -0.25) is 0 Å². The van der Waals surface area contributed by atoms with Crippen LogP contribution in [0.3, 0.4) is 0 Å². The van der Waals surface area contributed by atoms with Gasteiger partial charge in [-0.1, -0.05) is 22.8 Å². The molecule has 0 saturated carbocycles. The van der Waals surface area contributed by atoms with E-state index in [-0.39, 0.29) is 0 Å². The molecule has 1 nitrogen and oxygen atoms in total. The van der Waals surface area contributed by atoms with E-state index in [1.54, 1.807) is 0 Å². The molecule has 0 N–H and O–H groups in total. The maximum absolute atomic E-state index is 10.3. The van der Waals surface area contributed by atoms with Crippen molar-refractivity contribution in [3.8, 4) is 0 Å². The molecule has 74 valence electrons. The van der Waals surface area contributed by atoms with Gasteiger partial charge in [0.2, 0.25) is 0 Å². The monoisotopic (exact) mass is 180 g/mol. The van der Waals surface area contributed by atoms with Crippen LogP contribution in [0, 0.1) is 0 Å². The SMILES string of the molecule is CC(C)=CCC/C(C)=C(/C)CC=O. The van der Waals surface area contributed by atoms with Crippen molar-refractivity contribution in [1.29, 1.82) is 0 Å². The first-order valence-corrected chi connectivity index (χ1v) is 4.80. The minimum Gasteiger partial charge on any atom is -0.303 e. The normalized spacial score (nSPS) is 12.0. The molecule has 0 heterocycles. The summed E-state index contributed by atoms with van der Waals surface area (Å²) in [5, 5.41) is 0. The molecule has 0 aromatic heterocycles. The zero-order valence-electron chi connectivity index (χ0n) is 9.18. The Hall–Kier alpha value is -0.850. The van der Waals surface area contributed by atoms with Crippen LogP contribution in [-0.2, 0) is 4.79 Å². The quantitative estimate of drug-likeness (QED) is 0.466. The van der Waals surface area contributed by atoms with E-state index in [1.807, 2.05) is 6.92 Å². The average Bonchev–Trinajstić information content (AvgIpc) is 2.04. The third kappa shape index (κ3) is 6.32. The molecule has 0 bridgehead atoms. The smallest absolute Gasteiger partial charge is 0.124 e. The van der Waals surface area contributed by atoms with Crippen LogP contribution in [0.15, 0.2) is 22.8 Å². The minimum absolute atomic E-state index is 0.584. The predicted molar refractivity (Wildman–Crippen MR) is 57.7 cm³/mol. The number of carbonyl (C=O) groups is 1. The zero-order valence-corrected chi connectivity index (χ0v) is 9.18. The van der Waals surface area contributed by atoms with Gasteiger partial charge in [0.05, 0.1) is 0 Å². The van der Waals surface area contributed by atoms with Gasteiger partial charge < -0.3 is 4.79 Å². The molecule has 0 aliphatic heterocycles. The van der Waals surface area contributed by atoms with Crippen LogP contribution in [0.25, 0.3) is 0 Å². The topological polar surface area (TPSA) is 17.1 Å². The fourth-order valence-electron chi connectivity index (χ4n) is 1.09. The maximum Gasteiger partial charge on any atom is 0.124 e. The lowest BCUT2D eigenvalue weighted by molar-refractivity contribution is -0.107. The number of aldehydes is 1. The lowest BCUT2D eigenvalue weighted by Crippen LogP contribution is -1.86. The van der Waals surface area contributed by atoms with Gasteiger partial charge in [-0.2, -0.15) is 0 Å². The summed E-state index contributed by atoms with van der Waals surface area (Å²) in [4.78, 5) is 10.3. The van der Waals surface area contributed by atoms with E-state index >= 15 is 0 Å². The first-order chi connectivity index (χ1) is 6.07. The van der Waals surface area contributed by atoms with Gasteiger partial charge >= 0.3 is 0 Å². The Kier molecular flexibility index (Phi) is 6.21. The Labute approximate surface area is 81.5 Å². The van der Waals surface area contributed by atoms with Crippen LogP contribution >= 0.6 is 0 Å². The lowest BCUT2D eigenvalue weighted by Gasteiger charge is -2.03. The summed E-state index contributed by atoms with van der Waals surface area (Å²) in [5.41, 5.74) is 3.93. The molecule has 0 aliphatic carbocycles. The molecule has 13 heavy (non-hydrogen) atoms. The number of carbonyl (C=O) groups excluding carboxylic acids is 1. The summed E-state index contributed by atoms with van der Waals surface area (Å²) in [6.45, 7) is 8.36. The second-order valence-corrected chi connectivity index (χ2v) is 3.75. The van der Waals surface area contributed by atoms with Crippen molar-refractivity contribution >= 4 is 6.29 Å². The summed E-state index contributed by atoms with van der Waals surface area (Å²) < 4.78 is 0. The highest BCUT2D eigenvalue weighted by Crippen LogP contribution is 2.13. The molecule has 0 amide bonds. The standard InChI is InChI=1S/C12H20O/c1-10(2)6-5-7-11(3)12(4)8-9-13/h6,9H,5,7-8H2,1-4H3/b12-11-. The number of hydrogen-bond donors (Lipinski definition) is 0. The summed E-state index contributed by atoms with van der Waals surface area (Å²) in [6, 6.07) is 0. The Morgan fingerprint density at radius 1 is 1.08 bits per heavy atom. The number of hydrogen-bond acceptors (Lipinski definition) is 1. The van der Waals surface area contributed by atoms with Gasteiger partial charge in [0.25, 0.3) is 0 Å². The fourth-order valence-corrected chi connectivity index (χ4v) is 1.09. The van der Waals surface area contributed by atoms with Gasteiger partial charge in [-0.25, -0.2) is 0 Å². The van der Waals surface area contributed by atoms with E-state index in [9.17, 15) is 4.79 Å². The molecule has 0 radical (unpaired) electrons. The van der Waals surface area contributed by atoms with Crippen LogP contribution in [0.1, 0.15) is 47.0 Å². The summed E-state index contributed by atoms with van der Waals surface area (Å²) in [6.07, 6.45) is 5.95. The van der Waals surface area contributed by atoms with E-state index in [2.05, 4.69) is 26.8 Å². The van der Waals surface area contributed by atoms with Crippen molar-refractivity contribution in [2.24, 2.45) is 0 Å². The second kappa shape index (κ2) is 6.64. The summed E-state index contributed by atoms with van der Waals surface area (Å²) in [5.74, 6) is 0. The van der Waals surface area contributed by atoms with Gasteiger partial charge in [-0.05, 0) is 40.5 Å². The second-order valence-electron chi connectivity index (χ2n) is 3.75. The number of rotatable bonds is 5. The van der Waals surface area contributed by atoms with E-state index in [4.69, 9.17) is 0 Å². The minimum atomic E-state index is 0.584. The Bertz CT molecular complexity index is 217. The molecule has 1 heteroatoms. The molecule has 0 rings (SSSR count). The Morgan fingerprint density at radius 3 is 2.15 bits per heavy atom. The molecule has 0 fully saturated rings. The van der Waals surface area contributed by atoms with E-state index in [1.165, 1.54) is 16.7 Å². The van der Waals surface area contributed by atoms with Crippen LogP contribution in [0.5, 0.6) is 0 Å². The highest BCUT2D eigenvalue weighted by Gasteiger charge is 1.95. The van der Waals surface area contributed by atoms with Gasteiger partial charge in [0.1, 0.15) is 6.29 Å². The summed E-state index contributed by atoms with van der Waals surface area (Å²) in [7, 11) is 0. The molecule has 0 aromatic carbocycles. The molecule has 0 aromatic rings. The van der Waals surface area contributed by atoms with Crippen molar-refractivity contribution < 1.29 is 4.79 Å². The first kappa shape index (κ1) is 12.2. The third-order valence-electron chi connectivity index (χ3n) is 2.19. The van der Waals surface area contributed by atoms with Gasteiger partial charge in [0, 0.05) is 6.42 Å². The number of allylic oxidation sites excluding steroid dienone is 4. The molecular weight excluding hydrogens is 160 g/mol. The highest BCUT2D eigenvalue weighted by molar-refractivity contribution is 5.54. The molecule has 0 unspecified atom stereocenters. The third-order valence-corrected chi connectivity index (χ3v) is 2.19. The first-order valence-electron chi connectivity index (χ1n) is 4.80. The summed E-state index contributed by atoms with van der Waals surface area (Å²) >= 11 is 0. The van der Waals surface area contributed by atoms with E-state index in [0.717, 1.165) is 19.1 Å². The van der Waals surface area contributed by atoms with Crippen molar-refractivity contribution in [1.82, 2.24) is 0 Å². The Morgan fingerprint density at radius 2 is 1.69 bits per heavy atom. The van der Waals surface area contributed by atoms with Crippen molar-refractivity contribution in [2.45, 2.75) is 47.0 Å². The van der Waals surface area contributed by atoms with Gasteiger partial charge in [0.15, 0.2) is 0 Å². The van der Waals surface area contributed by atoms with Crippen LogP contribution in [-0.4, -0.2) is 6.29 Å². The van der Waals surface area contributed by atoms with E-state index in [0.29, 0.717) is 6.42 Å². The van der Waals surface area contributed by atoms with E-state index < -0.39 is 0 Å². The van der Waals surface area contributed by atoms with Gasteiger partial charge in [-0.15, -0.1) is 0 Å². The fraction of sp³-hybridized carbons (Fsp3) is 0.583. The average molecular weight is 180 g/mol. The molecule has 0 saturated heterocycles. The van der Waals surface area contributed by atoms with Crippen LogP contribution in [0.4, 0.5) is 0 Å². The molecule has 0 atom stereocenters.